The second-order valence-corrected chi connectivity index (χ2v) is 5.90. The first-order valence-corrected chi connectivity index (χ1v) is 8.33. The predicted molar refractivity (Wildman–Crippen MR) is 99.6 cm³/mol. The molecule has 0 fully saturated rings. The van der Waals surface area contributed by atoms with Gasteiger partial charge in [0.25, 0.3) is 0 Å². The standard InChI is InChI=1S/C19H21F2N3O4/c1-24(11-13-8-9-15(28-18(20)21)16(10-13)27-2)12-17(25)23-19(26)22-14-6-4-3-5-7-14/h3-10,18H,11-12H2,1-2H3,(H2,22,23,25,26). The Morgan fingerprint density at radius 3 is 2.46 bits per heavy atom. The average Bonchev–Trinajstić information content (AvgIpc) is 2.62. The first-order chi connectivity index (χ1) is 13.4. The maximum atomic E-state index is 12.4. The molecule has 0 radical (unpaired) electrons. The maximum Gasteiger partial charge on any atom is 0.387 e. The monoisotopic (exact) mass is 393 g/mol. The van der Waals surface area contributed by atoms with Crippen LogP contribution in [0.2, 0.25) is 0 Å². The van der Waals surface area contributed by atoms with E-state index in [0.717, 1.165) is 5.56 Å². The molecule has 0 saturated heterocycles. The molecular weight excluding hydrogens is 372 g/mol. The van der Waals surface area contributed by atoms with Crippen LogP contribution in [0.4, 0.5) is 19.3 Å². The van der Waals surface area contributed by atoms with Crippen LogP contribution in [0.5, 0.6) is 11.5 Å². The third-order valence-corrected chi connectivity index (χ3v) is 3.59. The number of nitrogens with zero attached hydrogens (tertiary/aromatic N) is 1. The molecule has 0 aliphatic rings. The third kappa shape index (κ3) is 6.84. The van der Waals surface area contributed by atoms with Crippen molar-refractivity contribution >= 4 is 17.6 Å². The number of amides is 3. The molecular formula is C19H21F2N3O4. The lowest BCUT2D eigenvalue weighted by molar-refractivity contribution is -0.120. The van der Waals surface area contributed by atoms with Gasteiger partial charge in [-0.2, -0.15) is 8.78 Å². The lowest BCUT2D eigenvalue weighted by Crippen LogP contribution is -2.40. The van der Waals surface area contributed by atoms with Crippen LogP contribution in [0.1, 0.15) is 5.56 Å². The molecule has 0 aliphatic heterocycles. The van der Waals surface area contributed by atoms with E-state index in [9.17, 15) is 18.4 Å². The van der Waals surface area contributed by atoms with Crippen molar-refractivity contribution in [2.45, 2.75) is 13.2 Å². The first-order valence-electron chi connectivity index (χ1n) is 8.33. The lowest BCUT2D eigenvalue weighted by atomic mass is 10.2. The number of imide groups is 1. The zero-order valence-corrected chi connectivity index (χ0v) is 15.4. The molecule has 150 valence electrons. The summed E-state index contributed by atoms with van der Waals surface area (Å²) in [7, 11) is 3.03. The molecule has 0 spiro atoms. The summed E-state index contributed by atoms with van der Waals surface area (Å²) >= 11 is 0. The zero-order chi connectivity index (χ0) is 20.5. The molecule has 0 heterocycles. The maximum absolute atomic E-state index is 12.4. The van der Waals surface area contributed by atoms with E-state index < -0.39 is 18.5 Å². The summed E-state index contributed by atoms with van der Waals surface area (Å²) in [6, 6.07) is 12.6. The molecule has 0 aromatic heterocycles. The second kappa shape index (κ2) is 10.2. The van der Waals surface area contributed by atoms with Gasteiger partial charge in [0.1, 0.15) is 0 Å². The molecule has 3 amide bonds. The number of alkyl halides is 2. The number of para-hydroxylation sites is 1. The Morgan fingerprint density at radius 2 is 1.82 bits per heavy atom. The van der Waals surface area contributed by atoms with Gasteiger partial charge in [0.05, 0.1) is 13.7 Å². The molecule has 0 atom stereocenters. The minimum absolute atomic E-state index is 0.0419. The zero-order valence-electron chi connectivity index (χ0n) is 15.4. The largest absolute Gasteiger partial charge is 0.493 e. The summed E-state index contributed by atoms with van der Waals surface area (Å²) in [5.74, 6) is -0.391. The quantitative estimate of drug-likeness (QED) is 0.721. The van der Waals surface area contributed by atoms with E-state index >= 15 is 0 Å². The Balaban J connectivity index is 1.86. The van der Waals surface area contributed by atoms with Gasteiger partial charge in [-0.05, 0) is 36.9 Å². The van der Waals surface area contributed by atoms with Crippen molar-refractivity contribution in [1.82, 2.24) is 10.2 Å². The summed E-state index contributed by atoms with van der Waals surface area (Å²) < 4.78 is 34.2. The highest BCUT2D eigenvalue weighted by Gasteiger charge is 2.14. The Kier molecular flexibility index (Phi) is 7.70. The molecule has 0 saturated carbocycles. The average molecular weight is 393 g/mol. The number of likely N-dealkylation sites (N-methyl/N-ethyl adjacent to an activating group) is 1. The number of anilines is 1. The normalized spacial score (nSPS) is 10.6. The number of carbonyl (C=O) groups is 2. The lowest BCUT2D eigenvalue weighted by Gasteiger charge is -2.17. The van der Waals surface area contributed by atoms with Gasteiger partial charge in [-0.1, -0.05) is 24.3 Å². The summed E-state index contributed by atoms with van der Waals surface area (Å²) in [4.78, 5) is 25.5. The summed E-state index contributed by atoms with van der Waals surface area (Å²) in [6.07, 6.45) is 0. The molecule has 0 bridgehead atoms. The molecule has 28 heavy (non-hydrogen) atoms. The van der Waals surface area contributed by atoms with Crippen LogP contribution in [0.25, 0.3) is 0 Å². The van der Waals surface area contributed by atoms with E-state index in [0.29, 0.717) is 12.2 Å². The number of rotatable bonds is 8. The van der Waals surface area contributed by atoms with E-state index in [-0.39, 0.29) is 18.0 Å². The highest BCUT2D eigenvalue weighted by molar-refractivity contribution is 6.01. The number of benzene rings is 2. The van der Waals surface area contributed by atoms with E-state index in [1.165, 1.54) is 13.2 Å². The third-order valence-electron chi connectivity index (χ3n) is 3.59. The van der Waals surface area contributed by atoms with Crippen molar-refractivity contribution in [3.05, 3.63) is 54.1 Å². The fourth-order valence-corrected chi connectivity index (χ4v) is 2.47. The summed E-state index contributed by atoms with van der Waals surface area (Å²) in [6.45, 7) is -2.66. The van der Waals surface area contributed by atoms with Crippen molar-refractivity contribution in [2.24, 2.45) is 0 Å². The molecule has 2 aromatic rings. The molecule has 9 heteroatoms. The van der Waals surface area contributed by atoms with Gasteiger partial charge in [0, 0.05) is 12.2 Å². The number of hydrogen-bond acceptors (Lipinski definition) is 5. The van der Waals surface area contributed by atoms with E-state index in [1.54, 1.807) is 48.3 Å². The van der Waals surface area contributed by atoms with Gasteiger partial charge < -0.3 is 14.8 Å². The molecule has 2 rings (SSSR count). The van der Waals surface area contributed by atoms with Crippen molar-refractivity contribution in [2.75, 3.05) is 26.0 Å². The Bertz CT molecular complexity index is 803. The van der Waals surface area contributed by atoms with Crippen LogP contribution >= 0.6 is 0 Å². The number of methoxy groups -OCH3 is 1. The van der Waals surface area contributed by atoms with E-state index in [1.807, 2.05) is 6.07 Å². The number of nitrogens with one attached hydrogen (secondary N) is 2. The minimum atomic E-state index is -2.95. The fraction of sp³-hybridized carbons (Fsp3) is 0.263. The van der Waals surface area contributed by atoms with Crippen molar-refractivity contribution < 1.29 is 27.8 Å². The van der Waals surface area contributed by atoms with Crippen LogP contribution in [-0.2, 0) is 11.3 Å². The number of halogens is 2. The molecule has 2 aromatic carbocycles. The Labute approximate surface area is 161 Å². The number of hydrogen-bond donors (Lipinski definition) is 2. The smallest absolute Gasteiger partial charge is 0.387 e. The topological polar surface area (TPSA) is 79.9 Å². The van der Waals surface area contributed by atoms with E-state index in [4.69, 9.17) is 4.74 Å². The number of urea groups is 1. The van der Waals surface area contributed by atoms with Crippen molar-refractivity contribution in [3.8, 4) is 11.5 Å². The van der Waals surface area contributed by atoms with Gasteiger partial charge in [0.2, 0.25) is 5.91 Å². The van der Waals surface area contributed by atoms with Crippen LogP contribution < -0.4 is 20.1 Å². The van der Waals surface area contributed by atoms with Crippen LogP contribution in [-0.4, -0.2) is 44.2 Å². The van der Waals surface area contributed by atoms with E-state index in [2.05, 4.69) is 15.4 Å². The number of carbonyl (C=O) groups excluding carboxylic acids is 2. The van der Waals surface area contributed by atoms with Gasteiger partial charge in [-0.15, -0.1) is 0 Å². The minimum Gasteiger partial charge on any atom is -0.493 e. The second-order valence-electron chi connectivity index (χ2n) is 5.90. The molecule has 2 N–H and O–H groups in total. The summed E-state index contributed by atoms with van der Waals surface area (Å²) in [5.41, 5.74) is 1.29. The predicted octanol–water partition coefficient (Wildman–Crippen LogP) is 3.08. The van der Waals surface area contributed by atoms with Gasteiger partial charge >= 0.3 is 12.6 Å². The summed E-state index contributed by atoms with van der Waals surface area (Å²) in [5, 5.41) is 4.79. The molecule has 0 unspecified atom stereocenters. The highest BCUT2D eigenvalue weighted by atomic mass is 19.3. The molecule has 0 aliphatic carbocycles. The first kappa shape index (κ1) is 21.1. The van der Waals surface area contributed by atoms with Gasteiger partial charge in [0.15, 0.2) is 11.5 Å². The van der Waals surface area contributed by atoms with Crippen LogP contribution in [0.15, 0.2) is 48.5 Å². The van der Waals surface area contributed by atoms with Crippen molar-refractivity contribution in [3.63, 3.8) is 0 Å². The van der Waals surface area contributed by atoms with Crippen LogP contribution in [0.3, 0.4) is 0 Å². The Hall–Kier alpha value is -3.20. The SMILES string of the molecule is COc1cc(CN(C)CC(=O)NC(=O)Nc2ccccc2)ccc1OC(F)F. The fourth-order valence-electron chi connectivity index (χ4n) is 2.47. The van der Waals surface area contributed by atoms with Gasteiger partial charge in [-0.3, -0.25) is 15.0 Å². The Morgan fingerprint density at radius 1 is 1.11 bits per heavy atom. The van der Waals surface area contributed by atoms with Crippen LogP contribution in [0, 0.1) is 0 Å². The highest BCUT2D eigenvalue weighted by Crippen LogP contribution is 2.29. The van der Waals surface area contributed by atoms with Crippen molar-refractivity contribution in [1.29, 1.82) is 0 Å². The number of ether oxygens (including phenoxy) is 2. The molecule has 7 nitrogen and oxygen atoms in total. The van der Waals surface area contributed by atoms with Gasteiger partial charge in [-0.25, -0.2) is 4.79 Å².